The smallest absolute Gasteiger partial charge is 0.324 e. The molecule has 0 radical (unpaired) electrons. The molecule has 1 aromatic carbocycles. The molecule has 7 heteroatoms. The maximum absolute atomic E-state index is 13.0. The van der Waals surface area contributed by atoms with Crippen LogP contribution < -0.4 is 9.64 Å². The molecule has 1 fully saturated rings. The molecule has 2 aliphatic heterocycles. The average Bonchev–Trinajstić information content (AvgIpc) is 2.68. The highest BCUT2D eigenvalue weighted by molar-refractivity contribution is 6.30. The van der Waals surface area contributed by atoms with Crippen molar-refractivity contribution in [1.29, 1.82) is 0 Å². The Morgan fingerprint density at radius 3 is 2.62 bits per heavy atom. The maximum Gasteiger partial charge on any atom is 0.324 e. The number of nitrogens with zero attached hydrogens (tertiary/aromatic N) is 4. The summed E-state index contributed by atoms with van der Waals surface area (Å²) in [5.41, 5.74) is 2.05. The van der Waals surface area contributed by atoms with E-state index < -0.39 is 0 Å². The predicted octanol–water partition coefficient (Wildman–Crippen LogP) is 2.87. The minimum atomic E-state index is 0.0421. The Bertz CT molecular complexity index is 778. The van der Waals surface area contributed by atoms with Gasteiger partial charge in [0.1, 0.15) is 12.4 Å². The number of hydrogen-bond donors (Lipinski definition) is 0. The Balaban J connectivity index is 1.39. The standard InChI is InChI=1S/C19H21ClN4O2/c20-16-1-2-17-18(13-16)26-12-11-24(17)19(25)23-9-7-22(8-10-23)14-15-3-5-21-6-4-15/h1-6,13H,7-12,14H2. The number of pyridine rings is 1. The number of benzene rings is 1. The average molecular weight is 373 g/mol. The lowest BCUT2D eigenvalue weighted by Gasteiger charge is -2.39. The second kappa shape index (κ2) is 7.51. The summed E-state index contributed by atoms with van der Waals surface area (Å²) in [6.07, 6.45) is 3.63. The van der Waals surface area contributed by atoms with Crippen LogP contribution in [0.25, 0.3) is 0 Å². The number of piperazine rings is 1. The van der Waals surface area contributed by atoms with E-state index in [1.54, 1.807) is 17.0 Å². The topological polar surface area (TPSA) is 48.9 Å². The summed E-state index contributed by atoms with van der Waals surface area (Å²) in [6.45, 7) is 5.13. The molecule has 0 atom stereocenters. The van der Waals surface area contributed by atoms with Gasteiger partial charge in [-0.1, -0.05) is 11.6 Å². The highest BCUT2D eigenvalue weighted by atomic mass is 35.5. The molecular formula is C19H21ClN4O2. The molecule has 26 heavy (non-hydrogen) atoms. The first-order valence-corrected chi connectivity index (χ1v) is 9.18. The molecule has 0 aliphatic carbocycles. The molecule has 6 nitrogen and oxygen atoms in total. The highest BCUT2D eigenvalue weighted by Gasteiger charge is 2.29. The van der Waals surface area contributed by atoms with Gasteiger partial charge < -0.3 is 9.64 Å². The van der Waals surface area contributed by atoms with Gasteiger partial charge in [-0.05, 0) is 29.8 Å². The molecule has 136 valence electrons. The van der Waals surface area contributed by atoms with Gasteiger partial charge in [0.2, 0.25) is 0 Å². The number of fused-ring (bicyclic) bond motifs is 1. The molecule has 1 saturated heterocycles. The fraction of sp³-hybridized carbons (Fsp3) is 0.368. The number of ether oxygens (including phenoxy) is 1. The van der Waals surface area contributed by atoms with Crippen molar-refractivity contribution in [2.75, 3.05) is 44.2 Å². The van der Waals surface area contributed by atoms with Crippen molar-refractivity contribution in [2.45, 2.75) is 6.54 Å². The van der Waals surface area contributed by atoms with Gasteiger partial charge in [0.15, 0.2) is 0 Å². The van der Waals surface area contributed by atoms with Crippen LogP contribution in [0.2, 0.25) is 5.02 Å². The Hall–Kier alpha value is -2.31. The van der Waals surface area contributed by atoms with E-state index in [1.165, 1.54) is 5.56 Å². The number of hydrogen-bond acceptors (Lipinski definition) is 4. The van der Waals surface area contributed by atoms with Gasteiger partial charge >= 0.3 is 6.03 Å². The first-order chi connectivity index (χ1) is 12.7. The molecule has 1 aromatic heterocycles. The van der Waals surface area contributed by atoms with Crippen LogP contribution in [-0.2, 0) is 6.54 Å². The van der Waals surface area contributed by atoms with Crippen LogP contribution in [0, 0.1) is 0 Å². The summed E-state index contributed by atoms with van der Waals surface area (Å²) < 4.78 is 5.65. The molecule has 4 rings (SSSR count). The zero-order valence-electron chi connectivity index (χ0n) is 14.5. The van der Waals surface area contributed by atoms with E-state index in [2.05, 4.69) is 9.88 Å². The quantitative estimate of drug-likeness (QED) is 0.813. The number of amides is 2. The largest absolute Gasteiger partial charge is 0.489 e. The monoisotopic (exact) mass is 372 g/mol. The van der Waals surface area contributed by atoms with Gasteiger partial charge in [-0.2, -0.15) is 0 Å². The lowest BCUT2D eigenvalue weighted by Crippen LogP contribution is -2.54. The van der Waals surface area contributed by atoms with E-state index >= 15 is 0 Å². The minimum Gasteiger partial charge on any atom is -0.489 e. The predicted molar refractivity (Wildman–Crippen MR) is 101 cm³/mol. The Morgan fingerprint density at radius 1 is 1.08 bits per heavy atom. The van der Waals surface area contributed by atoms with Crippen molar-refractivity contribution in [1.82, 2.24) is 14.8 Å². The van der Waals surface area contributed by atoms with Crippen molar-refractivity contribution in [2.24, 2.45) is 0 Å². The molecule has 2 aliphatic rings. The fourth-order valence-corrected chi connectivity index (χ4v) is 3.57. The van der Waals surface area contributed by atoms with Gasteiger partial charge in [0.05, 0.1) is 12.2 Å². The zero-order chi connectivity index (χ0) is 17.9. The molecule has 2 aromatic rings. The summed E-state index contributed by atoms with van der Waals surface area (Å²) in [7, 11) is 0. The molecular weight excluding hydrogens is 352 g/mol. The molecule has 2 amide bonds. The third kappa shape index (κ3) is 3.61. The van der Waals surface area contributed by atoms with Crippen molar-refractivity contribution >= 4 is 23.3 Å². The van der Waals surface area contributed by atoms with Crippen LogP contribution >= 0.6 is 11.6 Å². The number of rotatable bonds is 2. The van der Waals surface area contributed by atoms with Crippen LogP contribution in [0.1, 0.15) is 5.56 Å². The number of carbonyl (C=O) groups is 1. The molecule has 3 heterocycles. The summed E-state index contributed by atoms with van der Waals surface area (Å²) in [5.74, 6) is 0.674. The van der Waals surface area contributed by atoms with Crippen LogP contribution in [0.5, 0.6) is 5.75 Å². The first-order valence-electron chi connectivity index (χ1n) is 8.81. The van der Waals surface area contributed by atoms with Crippen LogP contribution in [0.15, 0.2) is 42.7 Å². The summed E-state index contributed by atoms with van der Waals surface area (Å²) in [4.78, 5) is 23.1. The van der Waals surface area contributed by atoms with Crippen molar-refractivity contribution in [3.8, 4) is 5.75 Å². The van der Waals surface area contributed by atoms with Gasteiger partial charge in [-0.3, -0.25) is 14.8 Å². The fourth-order valence-electron chi connectivity index (χ4n) is 3.41. The van der Waals surface area contributed by atoms with E-state index in [0.717, 1.165) is 38.4 Å². The SMILES string of the molecule is O=C(N1CCN(Cc2ccncc2)CC1)N1CCOc2cc(Cl)ccc21. The molecule has 0 spiro atoms. The Labute approximate surface area is 157 Å². The molecule has 0 saturated carbocycles. The number of aromatic nitrogens is 1. The van der Waals surface area contributed by atoms with E-state index in [0.29, 0.717) is 23.9 Å². The number of carbonyl (C=O) groups excluding carboxylic acids is 1. The number of halogens is 1. The van der Waals surface area contributed by atoms with E-state index in [-0.39, 0.29) is 6.03 Å². The first kappa shape index (κ1) is 17.1. The second-order valence-corrected chi connectivity index (χ2v) is 6.95. The molecule has 0 bridgehead atoms. The van der Waals surface area contributed by atoms with E-state index in [9.17, 15) is 4.79 Å². The van der Waals surface area contributed by atoms with Crippen LogP contribution in [-0.4, -0.2) is 60.1 Å². The number of urea groups is 1. The van der Waals surface area contributed by atoms with Crippen molar-refractivity contribution in [3.05, 3.63) is 53.3 Å². The second-order valence-electron chi connectivity index (χ2n) is 6.51. The highest BCUT2D eigenvalue weighted by Crippen LogP contribution is 2.34. The Kier molecular flexibility index (Phi) is 4.95. The minimum absolute atomic E-state index is 0.0421. The summed E-state index contributed by atoms with van der Waals surface area (Å²) in [5, 5.41) is 0.614. The van der Waals surface area contributed by atoms with Gasteiger partial charge in [-0.15, -0.1) is 0 Å². The summed E-state index contributed by atoms with van der Waals surface area (Å²) in [6, 6.07) is 9.53. The van der Waals surface area contributed by atoms with Crippen LogP contribution in [0.3, 0.4) is 0 Å². The zero-order valence-corrected chi connectivity index (χ0v) is 15.2. The third-order valence-corrected chi connectivity index (χ3v) is 5.05. The van der Waals surface area contributed by atoms with Gasteiger partial charge in [0, 0.05) is 56.2 Å². The summed E-state index contributed by atoms with van der Waals surface area (Å²) >= 11 is 6.03. The molecule has 0 unspecified atom stereocenters. The third-order valence-electron chi connectivity index (χ3n) is 4.81. The number of anilines is 1. The van der Waals surface area contributed by atoms with E-state index in [1.807, 2.05) is 35.5 Å². The van der Waals surface area contributed by atoms with Gasteiger partial charge in [0.25, 0.3) is 0 Å². The van der Waals surface area contributed by atoms with Crippen molar-refractivity contribution in [3.63, 3.8) is 0 Å². The van der Waals surface area contributed by atoms with Gasteiger partial charge in [-0.25, -0.2) is 4.79 Å². The molecule has 0 N–H and O–H groups in total. The maximum atomic E-state index is 13.0. The van der Waals surface area contributed by atoms with Crippen molar-refractivity contribution < 1.29 is 9.53 Å². The normalized spacial score (nSPS) is 17.6. The van der Waals surface area contributed by atoms with Crippen LogP contribution in [0.4, 0.5) is 10.5 Å². The van der Waals surface area contributed by atoms with E-state index in [4.69, 9.17) is 16.3 Å². The lowest BCUT2D eigenvalue weighted by atomic mass is 10.2. The Morgan fingerprint density at radius 2 is 1.85 bits per heavy atom. The lowest BCUT2D eigenvalue weighted by molar-refractivity contribution is 0.137.